The lowest BCUT2D eigenvalue weighted by molar-refractivity contribution is -0.121. The second-order valence-corrected chi connectivity index (χ2v) is 6.60. The molecule has 1 atom stereocenters. The zero-order valence-electron chi connectivity index (χ0n) is 11.2. The molecule has 0 aromatic rings. The van der Waals surface area contributed by atoms with E-state index in [1.165, 1.54) is 12.8 Å². The molecule has 0 spiro atoms. The summed E-state index contributed by atoms with van der Waals surface area (Å²) in [6, 6.07) is 0.359. The van der Waals surface area contributed by atoms with Gasteiger partial charge in [-0.15, -0.1) is 0 Å². The Kier molecular flexibility index (Phi) is 5.33. The second-order valence-electron chi connectivity index (χ2n) is 5.45. The highest BCUT2D eigenvalue weighted by molar-refractivity contribution is 7.99. The first-order valence-corrected chi connectivity index (χ1v) is 7.96. The normalized spacial score (nSPS) is 25.7. The van der Waals surface area contributed by atoms with Crippen molar-refractivity contribution in [2.24, 2.45) is 5.41 Å². The molecule has 2 N–H and O–H groups in total. The smallest absolute Gasteiger partial charge is 0.221 e. The number of rotatable bonds is 7. The van der Waals surface area contributed by atoms with Crippen LogP contribution in [-0.2, 0) is 9.53 Å². The van der Waals surface area contributed by atoms with Crippen LogP contribution in [0.15, 0.2) is 0 Å². The third kappa shape index (κ3) is 4.44. The van der Waals surface area contributed by atoms with Crippen molar-refractivity contribution in [3.05, 3.63) is 0 Å². The molecule has 0 radical (unpaired) electrons. The van der Waals surface area contributed by atoms with Crippen molar-refractivity contribution in [3.63, 3.8) is 0 Å². The molecule has 2 fully saturated rings. The molecule has 1 aliphatic heterocycles. The van der Waals surface area contributed by atoms with Crippen LogP contribution in [0.2, 0.25) is 0 Å². The van der Waals surface area contributed by atoms with E-state index < -0.39 is 0 Å². The molecule has 104 valence electrons. The van der Waals surface area contributed by atoms with E-state index in [1.807, 2.05) is 11.8 Å². The number of carbonyl (C=O) groups is 1. The molecule has 1 saturated carbocycles. The van der Waals surface area contributed by atoms with Gasteiger partial charge in [0.25, 0.3) is 0 Å². The Morgan fingerprint density at radius 3 is 3.00 bits per heavy atom. The van der Waals surface area contributed by atoms with Crippen molar-refractivity contribution in [2.75, 3.05) is 38.3 Å². The van der Waals surface area contributed by atoms with E-state index >= 15 is 0 Å². The number of nitrogens with one attached hydrogen (secondary N) is 2. The third-order valence-corrected chi connectivity index (χ3v) is 5.02. The summed E-state index contributed by atoms with van der Waals surface area (Å²) in [5.41, 5.74) is 0.348. The van der Waals surface area contributed by atoms with E-state index in [0.717, 1.165) is 37.6 Å². The molecule has 1 unspecified atom stereocenters. The summed E-state index contributed by atoms with van der Waals surface area (Å²) in [5.74, 6) is 2.42. The van der Waals surface area contributed by atoms with Gasteiger partial charge < -0.3 is 15.4 Å². The molecule has 2 rings (SSSR count). The maximum Gasteiger partial charge on any atom is 0.221 e. The molecule has 5 heteroatoms. The first-order valence-electron chi connectivity index (χ1n) is 6.81. The SMILES string of the molecule is COCCC1(CNC(=O)CC2CSCCN2)CC1. The number of carbonyl (C=O) groups excluding carboxylic acids is 1. The van der Waals surface area contributed by atoms with E-state index in [0.29, 0.717) is 17.9 Å². The predicted octanol–water partition coefficient (Wildman–Crippen LogP) is 1.01. The molecule has 1 heterocycles. The second kappa shape index (κ2) is 6.78. The van der Waals surface area contributed by atoms with Gasteiger partial charge in [-0.3, -0.25) is 4.79 Å². The number of hydrogen-bond donors (Lipinski definition) is 2. The van der Waals surface area contributed by atoms with E-state index in [4.69, 9.17) is 4.74 Å². The lowest BCUT2D eigenvalue weighted by Gasteiger charge is -2.23. The van der Waals surface area contributed by atoms with Gasteiger partial charge in [-0.05, 0) is 24.7 Å². The van der Waals surface area contributed by atoms with Crippen molar-refractivity contribution < 1.29 is 9.53 Å². The van der Waals surface area contributed by atoms with Gasteiger partial charge in [-0.1, -0.05) is 0 Å². The summed E-state index contributed by atoms with van der Waals surface area (Å²) in [7, 11) is 1.74. The number of amides is 1. The number of hydrogen-bond acceptors (Lipinski definition) is 4. The zero-order valence-corrected chi connectivity index (χ0v) is 12.0. The maximum absolute atomic E-state index is 11.9. The maximum atomic E-state index is 11.9. The Balaban J connectivity index is 1.62. The largest absolute Gasteiger partial charge is 0.385 e. The Hall–Kier alpha value is -0.260. The molecule has 18 heavy (non-hydrogen) atoms. The quantitative estimate of drug-likeness (QED) is 0.726. The fourth-order valence-electron chi connectivity index (χ4n) is 2.34. The minimum atomic E-state index is 0.193. The topological polar surface area (TPSA) is 50.4 Å². The third-order valence-electron chi connectivity index (χ3n) is 3.88. The molecule has 4 nitrogen and oxygen atoms in total. The van der Waals surface area contributed by atoms with Gasteiger partial charge in [0.1, 0.15) is 0 Å². The highest BCUT2D eigenvalue weighted by atomic mass is 32.2. The van der Waals surface area contributed by atoms with Crippen molar-refractivity contribution in [3.8, 4) is 0 Å². The number of methoxy groups -OCH3 is 1. The summed E-state index contributed by atoms with van der Waals surface area (Å²) < 4.78 is 5.12. The Morgan fingerprint density at radius 2 is 2.39 bits per heavy atom. The van der Waals surface area contributed by atoms with Crippen LogP contribution in [0.1, 0.15) is 25.7 Å². The van der Waals surface area contributed by atoms with E-state index in [2.05, 4.69) is 10.6 Å². The van der Waals surface area contributed by atoms with Gasteiger partial charge >= 0.3 is 0 Å². The van der Waals surface area contributed by atoms with Gasteiger partial charge in [0.05, 0.1) is 0 Å². The molecule has 0 aromatic heterocycles. The molecule has 1 saturated heterocycles. The molecule has 2 aliphatic rings. The van der Waals surface area contributed by atoms with Crippen LogP contribution in [0, 0.1) is 5.41 Å². The number of thioether (sulfide) groups is 1. The lowest BCUT2D eigenvalue weighted by atomic mass is 10.0. The van der Waals surface area contributed by atoms with Gasteiger partial charge in [0, 0.05) is 50.8 Å². The predicted molar refractivity (Wildman–Crippen MR) is 74.9 cm³/mol. The summed E-state index contributed by atoms with van der Waals surface area (Å²) >= 11 is 1.93. The molecule has 1 amide bonds. The summed E-state index contributed by atoms with van der Waals surface area (Å²) in [6.07, 6.45) is 4.15. The van der Waals surface area contributed by atoms with Crippen LogP contribution in [-0.4, -0.2) is 50.3 Å². The van der Waals surface area contributed by atoms with Crippen LogP contribution in [0.3, 0.4) is 0 Å². The standard InChI is InChI=1S/C13H24N2O2S/c1-17-6-4-13(2-3-13)10-15-12(16)8-11-9-18-7-5-14-11/h11,14H,2-10H2,1H3,(H,15,16). The fraction of sp³-hybridized carbons (Fsp3) is 0.923. The van der Waals surface area contributed by atoms with Gasteiger partial charge in [0.2, 0.25) is 5.91 Å². The summed E-state index contributed by atoms with van der Waals surface area (Å²) in [5, 5.41) is 6.49. The molecular weight excluding hydrogens is 248 g/mol. The molecule has 0 aromatic carbocycles. The van der Waals surface area contributed by atoms with E-state index in [9.17, 15) is 4.79 Å². The Morgan fingerprint density at radius 1 is 1.56 bits per heavy atom. The van der Waals surface area contributed by atoms with Crippen LogP contribution in [0.25, 0.3) is 0 Å². The Bertz CT molecular complexity index is 276. The van der Waals surface area contributed by atoms with Crippen LogP contribution in [0.5, 0.6) is 0 Å². The van der Waals surface area contributed by atoms with E-state index in [-0.39, 0.29) is 5.91 Å². The van der Waals surface area contributed by atoms with Gasteiger partial charge in [-0.25, -0.2) is 0 Å². The zero-order chi connectivity index (χ0) is 12.8. The van der Waals surface area contributed by atoms with Crippen molar-refractivity contribution >= 4 is 17.7 Å². The highest BCUT2D eigenvalue weighted by Crippen LogP contribution is 2.48. The van der Waals surface area contributed by atoms with Crippen LogP contribution >= 0.6 is 11.8 Å². The monoisotopic (exact) mass is 272 g/mol. The average Bonchev–Trinajstić information content (AvgIpc) is 3.16. The number of ether oxygens (including phenoxy) is 1. The highest BCUT2D eigenvalue weighted by Gasteiger charge is 2.42. The van der Waals surface area contributed by atoms with Gasteiger partial charge in [-0.2, -0.15) is 11.8 Å². The molecular formula is C13H24N2O2S. The van der Waals surface area contributed by atoms with Crippen LogP contribution in [0.4, 0.5) is 0 Å². The van der Waals surface area contributed by atoms with Gasteiger partial charge in [0.15, 0.2) is 0 Å². The first kappa shape index (κ1) is 14.2. The minimum Gasteiger partial charge on any atom is -0.385 e. The molecule has 1 aliphatic carbocycles. The Labute approximate surface area is 114 Å². The van der Waals surface area contributed by atoms with Crippen molar-refractivity contribution in [1.29, 1.82) is 0 Å². The summed E-state index contributed by atoms with van der Waals surface area (Å²) in [6.45, 7) is 2.66. The molecule has 0 bridgehead atoms. The average molecular weight is 272 g/mol. The van der Waals surface area contributed by atoms with Crippen LogP contribution < -0.4 is 10.6 Å². The van der Waals surface area contributed by atoms with E-state index in [1.54, 1.807) is 7.11 Å². The first-order chi connectivity index (χ1) is 8.74. The van der Waals surface area contributed by atoms with Crippen molar-refractivity contribution in [1.82, 2.24) is 10.6 Å². The minimum absolute atomic E-state index is 0.193. The lowest BCUT2D eigenvalue weighted by Crippen LogP contribution is -2.42. The fourth-order valence-corrected chi connectivity index (χ4v) is 3.29. The van der Waals surface area contributed by atoms with Crippen molar-refractivity contribution in [2.45, 2.75) is 31.7 Å². The summed E-state index contributed by atoms with van der Waals surface area (Å²) in [4.78, 5) is 11.9.